The molecule has 0 fully saturated rings. The van der Waals surface area contributed by atoms with E-state index in [0.717, 1.165) is 13.2 Å². The van der Waals surface area contributed by atoms with E-state index < -0.39 is 16.6 Å². The van der Waals surface area contributed by atoms with Crippen LogP contribution >= 0.6 is 21.6 Å². The van der Waals surface area contributed by atoms with Crippen molar-refractivity contribution in [2.45, 2.75) is 462 Å². The molecule has 0 spiro atoms. The SMILES string of the molecule is CCCCCCCCCCCCCCCC[Si](CCCCCCCCCCCCCCCC)(OCC)C(CC)SSC(CC)[Si](CCCCCCCCCCCCCCCC)(CCCCCCCCCCCCCCCC)OCC. The maximum absolute atomic E-state index is 7.41. The van der Waals surface area contributed by atoms with Crippen LogP contribution in [0.1, 0.15) is 428 Å². The highest BCUT2D eigenvalue weighted by Gasteiger charge is 2.46. The number of hydrogen-bond donors (Lipinski definition) is 0. The van der Waals surface area contributed by atoms with Crippen LogP contribution < -0.4 is 0 Å². The lowest BCUT2D eigenvalue weighted by molar-refractivity contribution is 0.311. The van der Waals surface area contributed by atoms with Crippen molar-refractivity contribution in [1.29, 1.82) is 0 Å². The van der Waals surface area contributed by atoms with Gasteiger partial charge in [0.1, 0.15) is 0 Å². The molecule has 482 valence electrons. The Kier molecular flexibility index (Phi) is 66.9. The molecule has 0 aliphatic rings. The Morgan fingerprint density at radius 2 is 0.338 bits per heavy atom. The molecule has 0 radical (unpaired) electrons. The fourth-order valence-corrected chi connectivity index (χ4v) is 31.9. The van der Waals surface area contributed by atoms with Crippen LogP contribution in [0.3, 0.4) is 0 Å². The molecule has 6 heteroatoms. The summed E-state index contributed by atoms with van der Waals surface area (Å²) in [5, 5.41) is 0. The normalized spacial score (nSPS) is 13.1. The van der Waals surface area contributed by atoms with Gasteiger partial charge in [0, 0.05) is 23.0 Å². The highest BCUT2D eigenvalue weighted by Crippen LogP contribution is 2.47. The molecule has 2 unspecified atom stereocenters. The van der Waals surface area contributed by atoms with Crippen LogP contribution in [0, 0.1) is 0 Å². The summed E-state index contributed by atoms with van der Waals surface area (Å²) in [6.45, 7) is 20.9. The molecule has 0 aliphatic heterocycles. The van der Waals surface area contributed by atoms with E-state index in [4.69, 9.17) is 8.85 Å². The first-order valence-electron chi connectivity index (χ1n) is 38.1. The van der Waals surface area contributed by atoms with E-state index in [0.29, 0.717) is 9.75 Å². The summed E-state index contributed by atoms with van der Waals surface area (Å²) in [6, 6.07) is 5.58. The number of rotatable bonds is 71. The van der Waals surface area contributed by atoms with Gasteiger partial charge >= 0.3 is 0 Å². The van der Waals surface area contributed by atoms with Crippen LogP contribution in [-0.2, 0) is 8.85 Å². The minimum atomic E-state index is -2.00. The molecule has 0 aromatic rings. The number of unbranched alkanes of at least 4 members (excludes halogenated alkanes) is 52. The van der Waals surface area contributed by atoms with E-state index in [9.17, 15) is 0 Å². The van der Waals surface area contributed by atoms with E-state index in [1.54, 1.807) is 0 Å². The summed E-state index contributed by atoms with van der Waals surface area (Å²) in [7, 11) is 0.731. The summed E-state index contributed by atoms with van der Waals surface area (Å²) in [5.41, 5.74) is 0. The minimum absolute atomic E-state index is 0.681. The van der Waals surface area contributed by atoms with Crippen molar-refractivity contribution in [3.05, 3.63) is 0 Å². The third-order valence-corrected chi connectivity index (χ3v) is 35.9. The molecule has 0 aromatic heterocycles. The van der Waals surface area contributed by atoms with Crippen LogP contribution in [0.25, 0.3) is 0 Å². The lowest BCUT2D eigenvalue weighted by atomic mass is 10.0. The molecular weight excluding hydrogens is 1040 g/mol. The maximum atomic E-state index is 7.41. The van der Waals surface area contributed by atoms with Gasteiger partial charge in [-0.2, -0.15) is 0 Å². The van der Waals surface area contributed by atoms with Gasteiger partial charge in [0.05, 0.1) is 0 Å². The molecule has 0 saturated carbocycles. The molecule has 0 bridgehead atoms. The molecule has 0 N–H and O–H groups in total. The van der Waals surface area contributed by atoms with Crippen molar-refractivity contribution < 1.29 is 8.85 Å². The van der Waals surface area contributed by atoms with Crippen molar-refractivity contribution in [2.75, 3.05) is 13.2 Å². The average Bonchev–Trinajstić information content (AvgIpc) is 3.51. The van der Waals surface area contributed by atoms with Gasteiger partial charge in [-0.3, -0.25) is 0 Å². The Bertz CT molecular complexity index is 992. The summed E-state index contributed by atoms with van der Waals surface area (Å²) < 4.78 is 14.8. The minimum Gasteiger partial charge on any atom is -0.416 e. The first-order valence-corrected chi connectivity index (χ1v) is 45.2. The maximum Gasteiger partial charge on any atom is 0.206 e. The van der Waals surface area contributed by atoms with Crippen molar-refractivity contribution >= 4 is 38.2 Å². The van der Waals surface area contributed by atoms with Crippen LogP contribution in [0.15, 0.2) is 0 Å². The van der Waals surface area contributed by atoms with Gasteiger partial charge in [-0.15, -0.1) is 0 Å². The van der Waals surface area contributed by atoms with Crippen LogP contribution in [0.2, 0.25) is 24.2 Å². The van der Waals surface area contributed by atoms with Gasteiger partial charge < -0.3 is 8.85 Å². The van der Waals surface area contributed by atoms with E-state index >= 15 is 0 Å². The summed E-state index contributed by atoms with van der Waals surface area (Å²) in [4.78, 5) is 1.36. The van der Waals surface area contributed by atoms with Crippen LogP contribution in [0.5, 0.6) is 0 Å². The molecule has 80 heavy (non-hydrogen) atoms. The zero-order valence-electron chi connectivity index (χ0n) is 57.0. The lowest BCUT2D eigenvalue weighted by Gasteiger charge is -2.41. The van der Waals surface area contributed by atoms with E-state index in [1.165, 1.54) is 397 Å². The van der Waals surface area contributed by atoms with Gasteiger partial charge in [-0.25, -0.2) is 0 Å². The van der Waals surface area contributed by atoms with Crippen molar-refractivity contribution in [1.82, 2.24) is 0 Å². The average molecular weight is 1200 g/mol. The van der Waals surface area contributed by atoms with Gasteiger partial charge in [0.25, 0.3) is 0 Å². The van der Waals surface area contributed by atoms with E-state index in [1.807, 2.05) is 0 Å². The molecule has 0 aromatic carbocycles. The van der Waals surface area contributed by atoms with Crippen LogP contribution in [-0.4, -0.2) is 39.6 Å². The van der Waals surface area contributed by atoms with E-state index in [2.05, 4.69) is 77.0 Å². The topological polar surface area (TPSA) is 18.5 Å². The Labute approximate surface area is 518 Å². The second-order valence-corrected chi connectivity index (χ2v) is 38.1. The monoisotopic (exact) mass is 1200 g/mol. The Morgan fingerprint density at radius 3 is 0.463 bits per heavy atom. The summed E-state index contributed by atoms with van der Waals surface area (Å²) in [6.07, 6.45) is 83.3. The van der Waals surface area contributed by atoms with Crippen molar-refractivity contribution in [2.24, 2.45) is 0 Å². The molecule has 0 rings (SSSR count). The summed E-state index contributed by atoms with van der Waals surface area (Å²) in [5.74, 6) is 0. The third-order valence-electron chi connectivity index (χ3n) is 18.9. The molecule has 2 atom stereocenters. The second kappa shape index (κ2) is 66.0. The first kappa shape index (κ1) is 81.1. The Morgan fingerprint density at radius 1 is 0.200 bits per heavy atom. The number of hydrogen-bond acceptors (Lipinski definition) is 4. The Balaban J connectivity index is 5.83. The molecule has 0 aliphatic carbocycles. The highest BCUT2D eigenvalue weighted by atomic mass is 33.1. The van der Waals surface area contributed by atoms with Gasteiger partial charge in [0.15, 0.2) is 0 Å². The molecule has 0 amide bonds. The predicted molar refractivity (Wildman–Crippen MR) is 379 cm³/mol. The van der Waals surface area contributed by atoms with Gasteiger partial charge in [-0.05, 0) is 50.9 Å². The second-order valence-electron chi connectivity index (χ2n) is 26.4. The lowest BCUT2D eigenvalue weighted by Crippen LogP contribution is -2.50. The standard InChI is InChI=1S/C74H154O2S2Si2/c1-9-17-21-25-29-33-37-41-45-49-53-57-61-65-69-79(75-15-7,70-66-62-58-54-50-46-42-38-34-30-26-22-18-10-2)73(13-5)77-78-74(14-6)80(76-16-8,71-67-63-59-55-51-47-43-39-35-31-27-23-19-11-3)72-68-64-60-56-52-48-44-40-36-32-28-24-20-12-4/h73-74H,9-72H2,1-8H3. The van der Waals surface area contributed by atoms with Gasteiger partial charge in [0.2, 0.25) is 16.6 Å². The molecular formula is C74H154O2S2Si2. The van der Waals surface area contributed by atoms with E-state index in [-0.39, 0.29) is 0 Å². The zero-order chi connectivity index (χ0) is 58.2. The third kappa shape index (κ3) is 50.1. The predicted octanol–water partition coefficient (Wildman–Crippen LogP) is 28.9. The first-order chi connectivity index (χ1) is 39.5. The molecule has 2 nitrogen and oxygen atoms in total. The quantitative estimate of drug-likeness (QED) is 0.0343. The zero-order valence-corrected chi connectivity index (χ0v) is 60.7. The molecule has 0 saturated heterocycles. The highest BCUT2D eigenvalue weighted by molar-refractivity contribution is 8.77. The van der Waals surface area contributed by atoms with Gasteiger partial charge in [-0.1, -0.05) is 423 Å². The van der Waals surface area contributed by atoms with Crippen molar-refractivity contribution in [3.63, 3.8) is 0 Å². The fourth-order valence-electron chi connectivity index (χ4n) is 13.6. The summed E-state index contributed by atoms with van der Waals surface area (Å²) >= 11 is 0. The Hall–Kier alpha value is 1.05. The molecule has 0 heterocycles. The smallest absolute Gasteiger partial charge is 0.206 e. The van der Waals surface area contributed by atoms with Crippen molar-refractivity contribution in [3.8, 4) is 0 Å². The largest absolute Gasteiger partial charge is 0.416 e. The fraction of sp³-hybridized carbons (Fsp3) is 1.00. The van der Waals surface area contributed by atoms with Crippen LogP contribution in [0.4, 0.5) is 0 Å².